The summed E-state index contributed by atoms with van der Waals surface area (Å²) in [5.74, 6) is -0.324. The normalized spacial score (nSPS) is 14.5. The maximum atomic E-state index is 12.2. The van der Waals surface area contributed by atoms with Crippen molar-refractivity contribution in [2.45, 2.75) is 148 Å². The number of hydrogen-bond donors (Lipinski definition) is 4. The lowest BCUT2D eigenvalue weighted by Gasteiger charge is -2.21. The number of amides is 1. The molecule has 0 aliphatic rings. The van der Waals surface area contributed by atoms with Gasteiger partial charge in [-0.1, -0.05) is 116 Å². The minimum absolute atomic E-state index is 0.0149. The summed E-state index contributed by atoms with van der Waals surface area (Å²) >= 11 is 0. The van der Waals surface area contributed by atoms with Crippen LogP contribution in [0, 0.1) is 0 Å². The Morgan fingerprint density at radius 1 is 0.781 bits per heavy atom. The summed E-state index contributed by atoms with van der Waals surface area (Å²) in [6, 6.07) is -0.733. The first-order chi connectivity index (χ1) is 15.5. The molecule has 0 bridgehead atoms. The summed E-state index contributed by atoms with van der Waals surface area (Å²) in [6.07, 6.45) is 21.9. The Labute approximate surface area is 198 Å². The molecule has 0 rings (SSSR count). The van der Waals surface area contributed by atoms with Gasteiger partial charge in [-0.25, -0.2) is 0 Å². The number of allylic oxidation sites excluding steroid dienone is 1. The smallest absolute Gasteiger partial charge is 0.222 e. The summed E-state index contributed by atoms with van der Waals surface area (Å²) in [5, 5.41) is 32.5. The molecule has 0 aliphatic carbocycles. The highest BCUT2D eigenvalue weighted by atomic mass is 16.3. The Kier molecular flexibility index (Phi) is 22.6. The van der Waals surface area contributed by atoms with E-state index in [0.717, 1.165) is 25.7 Å². The number of carbonyl (C=O) groups is 1. The first kappa shape index (κ1) is 31.1. The van der Waals surface area contributed by atoms with Crippen molar-refractivity contribution in [2.75, 3.05) is 6.61 Å². The molecule has 1 amide bonds. The summed E-state index contributed by atoms with van der Waals surface area (Å²) in [4.78, 5) is 12.2. The number of unbranched alkanes of at least 4 members (excludes halogenated alkanes) is 14. The molecule has 0 radical (unpaired) electrons. The minimum Gasteiger partial charge on any atom is -0.394 e. The number of nitrogens with one attached hydrogen (secondary N) is 1. The topological polar surface area (TPSA) is 89.8 Å². The van der Waals surface area contributed by atoms with Crippen LogP contribution in [0.25, 0.3) is 0 Å². The third-order valence-corrected chi connectivity index (χ3v) is 6.07. The maximum Gasteiger partial charge on any atom is 0.222 e. The van der Waals surface area contributed by atoms with E-state index in [1.165, 1.54) is 77.0 Å². The highest BCUT2D eigenvalue weighted by Crippen LogP contribution is 2.12. The van der Waals surface area contributed by atoms with Gasteiger partial charge in [0.25, 0.3) is 0 Å². The lowest BCUT2D eigenvalue weighted by atomic mass is 10.0. The summed E-state index contributed by atoms with van der Waals surface area (Å²) in [5.41, 5.74) is 0. The first-order valence-corrected chi connectivity index (χ1v) is 13.5. The van der Waals surface area contributed by atoms with E-state index >= 15 is 0 Å². The largest absolute Gasteiger partial charge is 0.394 e. The molecule has 190 valence electrons. The monoisotopic (exact) mass is 455 g/mol. The van der Waals surface area contributed by atoms with Crippen molar-refractivity contribution in [1.29, 1.82) is 0 Å². The Morgan fingerprint density at radius 3 is 1.81 bits per heavy atom. The van der Waals surface area contributed by atoms with Gasteiger partial charge < -0.3 is 20.6 Å². The van der Waals surface area contributed by atoms with E-state index < -0.39 is 18.2 Å². The fourth-order valence-electron chi connectivity index (χ4n) is 3.92. The molecule has 0 saturated heterocycles. The third kappa shape index (κ3) is 19.8. The van der Waals surface area contributed by atoms with Crippen LogP contribution in [-0.2, 0) is 4.79 Å². The molecule has 3 atom stereocenters. The second-order valence-corrected chi connectivity index (χ2v) is 9.31. The fraction of sp³-hybridized carbons (Fsp3) is 0.889. The zero-order valence-electron chi connectivity index (χ0n) is 21.1. The van der Waals surface area contributed by atoms with Gasteiger partial charge in [0.2, 0.25) is 5.91 Å². The Hall–Kier alpha value is -0.910. The Morgan fingerprint density at radius 2 is 1.28 bits per heavy atom. The van der Waals surface area contributed by atoms with Crippen LogP contribution in [-0.4, -0.2) is 46.1 Å². The van der Waals surface area contributed by atoms with E-state index in [1.807, 2.05) is 6.08 Å². The highest BCUT2D eigenvalue weighted by molar-refractivity contribution is 5.76. The van der Waals surface area contributed by atoms with Crippen molar-refractivity contribution in [3.8, 4) is 0 Å². The zero-order valence-corrected chi connectivity index (χ0v) is 21.1. The molecular formula is C27H53NO4. The van der Waals surface area contributed by atoms with Crippen molar-refractivity contribution < 1.29 is 20.1 Å². The van der Waals surface area contributed by atoms with Crippen molar-refractivity contribution in [1.82, 2.24) is 5.32 Å². The van der Waals surface area contributed by atoms with Crippen molar-refractivity contribution in [3.63, 3.8) is 0 Å². The second-order valence-electron chi connectivity index (χ2n) is 9.31. The molecule has 5 nitrogen and oxygen atoms in total. The van der Waals surface area contributed by atoms with E-state index in [9.17, 15) is 20.1 Å². The van der Waals surface area contributed by atoms with Crippen molar-refractivity contribution >= 4 is 5.91 Å². The predicted octanol–water partition coefficient (Wildman–Crippen LogP) is 5.80. The zero-order chi connectivity index (χ0) is 23.9. The number of rotatable bonds is 23. The van der Waals surface area contributed by atoms with Gasteiger partial charge in [0.15, 0.2) is 0 Å². The molecule has 0 aromatic heterocycles. The lowest BCUT2D eigenvalue weighted by Crippen LogP contribution is -2.45. The Bertz CT molecular complexity index is 441. The van der Waals surface area contributed by atoms with Crippen LogP contribution in [0.15, 0.2) is 12.2 Å². The predicted molar refractivity (Wildman–Crippen MR) is 135 cm³/mol. The molecule has 0 fully saturated rings. The van der Waals surface area contributed by atoms with Gasteiger partial charge in [0.05, 0.1) is 31.3 Å². The van der Waals surface area contributed by atoms with Crippen LogP contribution in [0.4, 0.5) is 0 Å². The van der Waals surface area contributed by atoms with Crippen LogP contribution in [0.5, 0.6) is 0 Å². The van der Waals surface area contributed by atoms with E-state index in [1.54, 1.807) is 6.08 Å². The van der Waals surface area contributed by atoms with Crippen LogP contribution >= 0.6 is 0 Å². The average molecular weight is 456 g/mol. The number of aliphatic hydroxyl groups excluding tert-OH is 3. The average Bonchev–Trinajstić information content (AvgIpc) is 2.77. The molecule has 0 spiro atoms. The minimum atomic E-state index is -0.918. The van der Waals surface area contributed by atoms with Gasteiger partial charge in [0.1, 0.15) is 0 Å². The quantitative estimate of drug-likeness (QED) is 0.116. The Balaban J connectivity index is 3.89. The van der Waals surface area contributed by atoms with E-state index in [-0.39, 0.29) is 18.9 Å². The first-order valence-electron chi connectivity index (χ1n) is 13.5. The van der Waals surface area contributed by atoms with Crippen LogP contribution in [0.2, 0.25) is 0 Å². The summed E-state index contributed by atoms with van der Waals surface area (Å²) < 4.78 is 0. The standard InChI is InChI=1S/C27H53NO4/c1-3-5-7-9-11-12-13-15-17-19-21-26(31)25(23-29)28-27(32)22-24(30)20-18-16-14-10-8-6-4-2/h19,21,24-26,29-31H,3-18,20,22-23H2,1-2H3,(H,28,32)/b21-19+. The highest BCUT2D eigenvalue weighted by Gasteiger charge is 2.19. The molecule has 0 aromatic rings. The molecule has 0 aromatic carbocycles. The van der Waals surface area contributed by atoms with Gasteiger partial charge in [-0.3, -0.25) is 4.79 Å². The summed E-state index contributed by atoms with van der Waals surface area (Å²) in [6.45, 7) is 4.10. The fourth-order valence-corrected chi connectivity index (χ4v) is 3.92. The molecule has 4 N–H and O–H groups in total. The molecule has 32 heavy (non-hydrogen) atoms. The van der Waals surface area contributed by atoms with Crippen molar-refractivity contribution in [2.24, 2.45) is 0 Å². The lowest BCUT2D eigenvalue weighted by molar-refractivity contribution is -0.124. The van der Waals surface area contributed by atoms with Crippen LogP contribution in [0.1, 0.15) is 129 Å². The molecule has 0 saturated carbocycles. The van der Waals surface area contributed by atoms with Gasteiger partial charge in [0, 0.05) is 0 Å². The van der Waals surface area contributed by atoms with Crippen LogP contribution in [0.3, 0.4) is 0 Å². The van der Waals surface area contributed by atoms with Gasteiger partial charge >= 0.3 is 0 Å². The SMILES string of the molecule is CCCCCCCCCC/C=C/C(O)C(CO)NC(=O)CC(O)CCCCCCCCC. The van der Waals surface area contributed by atoms with Gasteiger partial charge in [-0.15, -0.1) is 0 Å². The number of carbonyl (C=O) groups excluding carboxylic acids is 1. The third-order valence-electron chi connectivity index (χ3n) is 6.07. The molecule has 5 heteroatoms. The number of hydrogen-bond acceptors (Lipinski definition) is 4. The van der Waals surface area contributed by atoms with E-state index in [4.69, 9.17) is 0 Å². The van der Waals surface area contributed by atoms with E-state index in [2.05, 4.69) is 19.2 Å². The van der Waals surface area contributed by atoms with E-state index in [0.29, 0.717) is 6.42 Å². The number of aliphatic hydroxyl groups is 3. The maximum absolute atomic E-state index is 12.2. The van der Waals surface area contributed by atoms with Crippen molar-refractivity contribution in [3.05, 3.63) is 12.2 Å². The second kappa shape index (κ2) is 23.3. The molecule has 3 unspecified atom stereocenters. The van der Waals surface area contributed by atoms with Gasteiger partial charge in [-0.2, -0.15) is 0 Å². The van der Waals surface area contributed by atoms with Gasteiger partial charge in [-0.05, 0) is 19.3 Å². The molecular weight excluding hydrogens is 402 g/mol. The molecule has 0 heterocycles. The summed E-state index contributed by atoms with van der Waals surface area (Å²) in [7, 11) is 0. The molecule has 0 aliphatic heterocycles. The van der Waals surface area contributed by atoms with Crippen LogP contribution < -0.4 is 5.32 Å².